The molecule has 4 heteroatoms. The van der Waals surface area contributed by atoms with Crippen LogP contribution in [0.5, 0.6) is 0 Å². The highest BCUT2D eigenvalue weighted by Crippen LogP contribution is 2.29. The molecule has 0 saturated heterocycles. The number of hydrogen-bond donors (Lipinski definition) is 0. The summed E-state index contributed by atoms with van der Waals surface area (Å²) in [5.41, 5.74) is 3.54. The number of hydrogen-bond acceptors (Lipinski definition) is 3. The Labute approximate surface area is 152 Å². The first-order valence-corrected chi connectivity index (χ1v) is 9.92. The molecule has 0 saturated carbocycles. The first-order valence-electron chi connectivity index (χ1n) is 8.27. The lowest BCUT2D eigenvalue weighted by Gasteiger charge is -2.17. The zero-order valence-corrected chi connectivity index (χ0v) is 14.7. The smallest absolute Gasteiger partial charge is 0.191 e. The van der Waals surface area contributed by atoms with Gasteiger partial charge in [0.05, 0.1) is 10.6 Å². The van der Waals surface area contributed by atoms with E-state index < -0.39 is 9.84 Å². The van der Waals surface area contributed by atoms with Gasteiger partial charge >= 0.3 is 0 Å². The Kier molecular flexibility index (Phi) is 4.05. The van der Waals surface area contributed by atoms with Crippen LogP contribution in [0.3, 0.4) is 0 Å². The van der Waals surface area contributed by atoms with Crippen molar-refractivity contribution < 1.29 is 13.2 Å². The van der Waals surface area contributed by atoms with Crippen LogP contribution in [0.1, 0.15) is 15.9 Å². The van der Waals surface area contributed by atoms with E-state index in [1.54, 1.807) is 24.3 Å². The topological polar surface area (TPSA) is 51.2 Å². The van der Waals surface area contributed by atoms with Gasteiger partial charge in [-0.25, -0.2) is 8.42 Å². The van der Waals surface area contributed by atoms with Gasteiger partial charge in [0.15, 0.2) is 15.6 Å². The van der Waals surface area contributed by atoms with Crippen LogP contribution < -0.4 is 0 Å². The summed E-state index contributed by atoms with van der Waals surface area (Å²) in [6.45, 7) is 0. The quantitative estimate of drug-likeness (QED) is 0.636. The van der Waals surface area contributed by atoms with Crippen molar-refractivity contribution in [2.24, 2.45) is 0 Å². The van der Waals surface area contributed by atoms with E-state index in [1.165, 1.54) is 6.07 Å². The van der Waals surface area contributed by atoms with Crippen molar-refractivity contribution >= 4 is 21.7 Å². The van der Waals surface area contributed by atoms with Crippen molar-refractivity contribution in [3.8, 4) is 11.1 Å². The lowest BCUT2D eigenvalue weighted by molar-refractivity contribution is 0.103. The number of sulfone groups is 1. The SMILES string of the molecule is O=C1/C(=C/c2ccc(-c3ccccc3)cc2)CS(=O)(=O)c2ccccc21. The Morgan fingerprint density at radius 3 is 2.08 bits per heavy atom. The summed E-state index contributed by atoms with van der Waals surface area (Å²) in [5.74, 6) is -0.480. The second-order valence-corrected chi connectivity index (χ2v) is 8.20. The van der Waals surface area contributed by atoms with Crippen LogP contribution in [0.4, 0.5) is 0 Å². The van der Waals surface area contributed by atoms with Crippen molar-refractivity contribution in [1.82, 2.24) is 0 Å². The highest BCUT2D eigenvalue weighted by Gasteiger charge is 2.32. The largest absolute Gasteiger partial charge is 0.289 e. The fraction of sp³-hybridized carbons (Fsp3) is 0.0455. The van der Waals surface area contributed by atoms with E-state index in [0.717, 1.165) is 16.7 Å². The average Bonchev–Trinajstić information content (AvgIpc) is 2.67. The molecule has 4 rings (SSSR count). The number of carbonyl (C=O) groups is 1. The summed E-state index contributed by atoms with van der Waals surface area (Å²) in [4.78, 5) is 12.8. The van der Waals surface area contributed by atoms with E-state index in [9.17, 15) is 13.2 Å². The third-order valence-electron chi connectivity index (χ3n) is 4.46. The van der Waals surface area contributed by atoms with Gasteiger partial charge in [0.1, 0.15) is 0 Å². The highest BCUT2D eigenvalue weighted by atomic mass is 32.2. The second-order valence-electron chi connectivity index (χ2n) is 6.24. The summed E-state index contributed by atoms with van der Waals surface area (Å²) in [6.07, 6.45) is 1.67. The molecule has 26 heavy (non-hydrogen) atoms. The first kappa shape index (κ1) is 16.5. The summed E-state index contributed by atoms with van der Waals surface area (Å²) >= 11 is 0. The van der Waals surface area contributed by atoms with Crippen LogP contribution in [-0.4, -0.2) is 20.0 Å². The van der Waals surface area contributed by atoms with E-state index in [1.807, 2.05) is 54.6 Å². The van der Waals surface area contributed by atoms with Gasteiger partial charge in [-0.1, -0.05) is 66.7 Å². The lowest BCUT2D eigenvalue weighted by atomic mass is 10.00. The zero-order chi connectivity index (χ0) is 18.1. The van der Waals surface area contributed by atoms with Gasteiger partial charge in [0.25, 0.3) is 0 Å². The Morgan fingerprint density at radius 1 is 0.731 bits per heavy atom. The van der Waals surface area contributed by atoms with Crippen molar-refractivity contribution in [3.05, 3.63) is 95.6 Å². The first-order chi connectivity index (χ1) is 12.5. The fourth-order valence-corrected chi connectivity index (χ4v) is 4.72. The van der Waals surface area contributed by atoms with Gasteiger partial charge in [0, 0.05) is 11.1 Å². The number of rotatable bonds is 2. The maximum atomic E-state index is 12.7. The third kappa shape index (κ3) is 3.00. The molecule has 1 aliphatic heterocycles. The molecule has 0 bridgehead atoms. The summed E-state index contributed by atoms with van der Waals surface area (Å²) in [7, 11) is -3.48. The zero-order valence-electron chi connectivity index (χ0n) is 13.9. The predicted molar refractivity (Wildman–Crippen MR) is 103 cm³/mol. The summed E-state index contributed by atoms with van der Waals surface area (Å²) in [6, 6.07) is 24.1. The molecule has 1 aliphatic rings. The third-order valence-corrected chi connectivity index (χ3v) is 6.18. The van der Waals surface area contributed by atoms with Gasteiger partial charge in [0.2, 0.25) is 0 Å². The van der Waals surface area contributed by atoms with E-state index >= 15 is 0 Å². The van der Waals surface area contributed by atoms with Crippen molar-refractivity contribution in [2.45, 2.75) is 4.90 Å². The van der Waals surface area contributed by atoms with E-state index in [0.29, 0.717) is 5.57 Å². The standard InChI is InChI=1S/C22H16O3S/c23-22-19(15-26(24,25)21-9-5-4-8-20(21)22)14-16-10-12-18(13-11-16)17-6-2-1-3-7-17/h1-14H,15H2/b19-14+. The average molecular weight is 360 g/mol. The number of fused-ring (bicyclic) bond motifs is 1. The number of Topliss-reactive ketones (excluding diaryl/α,β-unsaturated/α-hetero) is 1. The summed E-state index contributed by atoms with van der Waals surface area (Å²) in [5, 5.41) is 0. The summed E-state index contributed by atoms with van der Waals surface area (Å²) < 4.78 is 24.9. The molecule has 0 N–H and O–H groups in total. The van der Waals surface area contributed by atoms with Crippen LogP contribution in [0, 0.1) is 0 Å². The molecule has 0 fully saturated rings. The van der Waals surface area contributed by atoms with Gasteiger partial charge < -0.3 is 0 Å². The van der Waals surface area contributed by atoms with E-state index in [2.05, 4.69) is 0 Å². The normalized spacial score (nSPS) is 17.1. The number of ketones is 1. The Morgan fingerprint density at radius 2 is 1.35 bits per heavy atom. The molecule has 0 spiro atoms. The van der Waals surface area contributed by atoms with Crippen LogP contribution >= 0.6 is 0 Å². The molecule has 128 valence electrons. The second kappa shape index (κ2) is 6.39. The van der Waals surface area contributed by atoms with Crippen molar-refractivity contribution in [2.75, 3.05) is 5.75 Å². The molecule has 0 amide bonds. The molecule has 0 aromatic heterocycles. The Bertz CT molecular complexity index is 1110. The molecule has 0 aliphatic carbocycles. The molecular formula is C22H16O3S. The predicted octanol–water partition coefficient (Wildman–Crippen LogP) is 4.41. The van der Waals surface area contributed by atoms with Gasteiger partial charge in [-0.2, -0.15) is 0 Å². The monoisotopic (exact) mass is 360 g/mol. The van der Waals surface area contributed by atoms with Crippen LogP contribution in [0.2, 0.25) is 0 Å². The molecule has 3 aromatic rings. The van der Waals surface area contributed by atoms with Crippen LogP contribution in [0.15, 0.2) is 89.3 Å². The van der Waals surface area contributed by atoms with Gasteiger partial charge in [-0.3, -0.25) is 4.79 Å². The molecule has 3 aromatic carbocycles. The van der Waals surface area contributed by atoms with Crippen molar-refractivity contribution in [1.29, 1.82) is 0 Å². The maximum Gasteiger partial charge on any atom is 0.191 e. The Hall–Kier alpha value is -2.98. The minimum Gasteiger partial charge on any atom is -0.289 e. The van der Waals surface area contributed by atoms with E-state index in [4.69, 9.17) is 0 Å². The van der Waals surface area contributed by atoms with E-state index in [-0.39, 0.29) is 22.0 Å². The van der Waals surface area contributed by atoms with Crippen LogP contribution in [0.25, 0.3) is 17.2 Å². The molecule has 3 nitrogen and oxygen atoms in total. The van der Waals surface area contributed by atoms with Gasteiger partial charge in [-0.05, 0) is 34.9 Å². The highest BCUT2D eigenvalue weighted by molar-refractivity contribution is 7.91. The van der Waals surface area contributed by atoms with Gasteiger partial charge in [-0.15, -0.1) is 0 Å². The van der Waals surface area contributed by atoms with Crippen molar-refractivity contribution in [3.63, 3.8) is 0 Å². The number of benzene rings is 3. The van der Waals surface area contributed by atoms with Crippen LogP contribution in [-0.2, 0) is 9.84 Å². The lowest BCUT2D eigenvalue weighted by Crippen LogP contribution is -2.24. The fourth-order valence-electron chi connectivity index (χ4n) is 3.16. The Balaban J connectivity index is 1.70. The molecule has 0 unspecified atom stereocenters. The molecule has 0 atom stereocenters. The minimum atomic E-state index is -3.48. The molecule has 0 radical (unpaired) electrons. The molecule has 1 heterocycles. The molecular weight excluding hydrogens is 344 g/mol. The minimum absolute atomic E-state index is 0.126. The maximum absolute atomic E-state index is 12.7. The number of carbonyl (C=O) groups excluding carboxylic acids is 1.